The normalized spacial score (nSPS) is 18.2. The van der Waals surface area contributed by atoms with E-state index in [1.807, 2.05) is 4.90 Å². The van der Waals surface area contributed by atoms with E-state index in [1.165, 1.54) is 0 Å². The molecule has 18 heavy (non-hydrogen) atoms. The molecule has 1 aromatic carbocycles. The summed E-state index contributed by atoms with van der Waals surface area (Å²) in [6, 6.07) is 5.07. The number of anilines is 1. The summed E-state index contributed by atoms with van der Waals surface area (Å²) in [5.74, 6) is -0.172. The summed E-state index contributed by atoms with van der Waals surface area (Å²) in [5, 5.41) is 13.0. The zero-order valence-electron chi connectivity index (χ0n) is 9.91. The fourth-order valence-electron chi connectivity index (χ4n) is 2.02. The van der Waals surface area contributed by atoms with Gasteiger partial charge in [-0.15, -0.1) is 0 Å². The standard InChI is InChI=1S/C12H14Cl2N2O2/c1-12(18)6-16(7-12)5-10(17)15-9-4-2-3-8(13)11(9)14/h2-4,18H,5-7H2,1H3,(H,15,17). The Labute approximate surface area is 115 Å². The topological polar surface area (TPSA) is 52.6 Å². The van der Waals surface area contributed by atoms with Crippen LogP contribution in [0.5, 0.6) is 0 Å². The Bertz CT molecular complexity index is 469. The number of hydrogen-bond donors (Lipinski definition) is 2. The van der Waals surface area contributed by atoms with Gasteiger partial charge in [0, 0.05) is 13.1 Å². The molecule has 0 aliphatic carbocycles. The molecule has 0 spiro atoms. The zero-order valence-corrected chi connectivity index (χ0v) is 11.4. The molecule has 1 fully saturated rings. The Morgan fingerprint density at radius 1 is 1.50 bits per heavy atom. The monoisotopic (exact) mass is 288 g/mol. The summed E-state index contributed by atoms with van der Waals surface area (Å²) < 4.78 is 0. The quantitative estimate of drug-likeness (QED) is 0.895. The molecule has 6 heteroatoms. The second-order valence-electron chi connectivity index (χ2n) is 4.79. The van der Waals surface area contributed by atoms with E-state index >= 15 is 0 Å². The lowest BCUT2D eigenvalue weighted by atomic mass is 9.97. The number of nitrogens with one attached hydrogen (secondary N) is 1. The molecule has 0 aromatic heterocycles. The van der Waals surface area contributed by atoms with Crippen LogP contribution in [0.4, 0.5) is 5.69 Å². The predicted molar refractivity (Wildman–Crippen MR) is 72.2 cm³/mol. The van der Waals surface area contributed by atoms with Crippen LogP contribution in [0.25, 0.3) is 0 Å². The van der Waals surface area contributed by atoms with Gasteiger partial charge >= 0.3 is 0 Å². The summed E-state index contributed by atoms with van der Waals surface area (Å²) in [6.45, 7) is 2.99. The third kappa shape index (κ3) is 3.14. The molecule has 0 unspecified atom stereocenters. The first-order chi connectivity index (χ1) is 8.37. The van der Waals surface area contributed by atoms with Crippen molar-refractivity contribution in [2.75, 3.05) is 25.0 Å². The van der Waals surface area contributed by atoms with E-state index in [0.717, 1.165) is 0 Å². The van der Waals surface area contributed by atoms with Crippen molar-refractivity contribution in [3.8, 4) is 0 Å². The lowest BCUT2D eigenvalue weighted by Crippen LogP contribution is -2.61. The number of carbonyl (C=O) groups is 1. The van der Waals surface area contributed by atoms with E-state index in [-0.39, 0.29) is 12.5 Å². The Balaban J connectivity index is 1.90. The maximum absolute atomic E-state index is 11.8. The van der Waals surface area contributed by atoms with Crippen LogP contribution in [0, 0.1) is 0 Å². The van der Waals surface area contributed by atoms with Crippen LogP contribution in [-0.4, -0.2) is 41.1 Å². The Hall–Kier alpha value is -0.810. The summed E-state index contributed by atoms with van der Waals surface area (Å²) in [4.78, 5) is 13.6. The predicted octanol–water partition coefficient (Wildman–Crippen LogP) is 2.00. The van der Waals surface area contributed by atoms with Gasteiger partial charge in [0.05, 0.1) is 27.9 Å². The first-order valence-corrected chi connectivity index (χ1v) is 6.31. The van der Waals surface area contributed by atoms with Gasteiger partial charge in [0.15, 0.2) is 0 Å². The molecular formula is C12H14Cl2N2O2. The van der Waals surface area contributed by atoms with E-state index in [4.69, 9.17) is 23.2 Å². The number of β-amino-alcohol motifs (C(OH)–C–C–N with tert-alkyl or cyclic N) is 1. The molecule has 1 aromatic rings. The number of carbonyl (C=O) groups excluding carboxylic acids is 1. The highest BCUT2D eigenvalue weighted by atomic mass is 35.5. The number of amides is 1. The molecule has 0 atom stereocenters. The van der Waals surface area contributed by atoms with Gasteiger partial charge in [0.1, 0.15) is 0 Å². The summed E-state index contributed by atoms with van der Waals surface area (Å²) in [7, 11) is 0. The van der Waals surface area contributed by atoms with Gasteiger partial charge < -0.3 is 10.4 Å². The smallest absolute Gasteiger partial charge is 0.238 e. The largest absolute Gasteiger partial charge is 0.388 e. The van der Waals surface area contributed by atoms with Gasteiger partial charge in [-0.25, -0.2) is 0 Å². The number of rotatable bonds is 3. The molecule has 1 heterocycles. The lowest BCUT2D eigenvalue weighted by molar-refractivity contribution is -0.125. The van der Waals surface area contributed by atoms with E-state index in [0.29, 0.717) is 28.8 Å². The van der Waals surface area contributed by atoms with Crippen LogP contribution in [0.1, 0.15) is 6.92 Å². The van der Waals surface area contributed by atoms with Gasteiger partial charge in [-0.1, -0.05) is 29.3 Å². The van der Waals surface area contributed by atoms with Crippen LogP contribution < -0.4 is 5.32 Å². The number of hydrogen-bond acceptors (Lipinski definition) is 3. The lowest BCUT2D eigenvalue weighted by Gasteiger charge is -2.43. The third-order valence-electron chi connectivity index (χ3n) is 2.72. The average molecular weight is 289 g/mol. The van der Waals surface area contributed by atoms with Gasteiger partial charge in [-0.3, -0.25) is 9.69 Å². The van der Waals surface area contributed by atoms with Crippen LogP contribution in [0.2, 0.25) is 10.0 Å². The molecule has 4 nitrogen and oxygen atoms in total. The second-order valence-corrected chi connectivity index (χ2v) is 5.58. The molecular weight excluding hydrogens is 275 g/mol. The van der Waals surface area contributed by atoms with Crippen molar-refractivity contribution in [2.45, 2.75) is 12.5 Å². The molecule has 1 amide bonds. The average Bonchev–Trinajstić information content (AvgIpc) is 2.22. The number of aliphatic hydroxyl groups is 1. The number of likely N-dealkylation sites (tertiary alicyclic amines) is 1. The van der Waals surface area contributed by atoms with Crippen molar-refractivity contribution >= 4 is 34.8 Å². The molecule has 0 saturated carbocycles. The number of benzene rings is 1. The number of nitrogens with zero attached hydrogens (tertiary/aromatic N) is 1. The van der Waals surface area contributed by atoms with Crippen molar-refractivity contribution in [3.63, 3.8) is 0 Å². The molecule has 0 bridgehead atoms. The van der Waals surface area contributed by atoms with Crippen molar-refractivity contribution in [1.29, 1.82) is 0 Å². The number of halogens is 2. The fourth-order valence-corrected chi connectivity index (χ4v) is 2.37. The maximum atomic E-state index is 11.8. The summed E-state index contributed by atoms with van der Waals surface area (Å²) >= 11 is 11.8. The van der Waals surface area contributed by atoms with E-state index < -0.39 is 5.60 Å². The van der Waals surface area contributed by atoms with Crippen molar-refractivity contribution in [3.05, 3.63) is 28.2 Å². The molecule has 98 valence electrons. The minimum atomic E-state index is -0.673. The van der Waals surface area contributed by atoms with E-state index in [9.17, 15) is 9.90 Å². The van der Waals surface area contributed by atoms with Gasteiger partial charge in [0.2, 0.25) is 5.91 Å². The van der Waals surface area contributed by atoms with Crippen molar-refractivity contribution < 1.29 is 9.90 Å². The molecule has 1 aliphatic rings. The summed E-state index contributed by atoms with van der Waals surface area (Å²) in [5.41, 5.74) is -0.171. The highest BCUT2D eigenvalue weighted by Crippen LogP contribution is 2.29. The molecule has 2 rings (SSSR count). The van der Waals surface area contributed by atoms with Crippen molar-refractivity contribution in [2.24, 2.45) is 0 Å². The minimum Gasteiger partial charge on any atom is -0.388 e. The maximum Gasteiger partial charge on any atom is 0.238 e. The van der Waals surface area contributed by atoms with Gasteiger partial charge in [-0.2, -0.15) is 0 Å². The first-order valence-electron chi connectivity index (χ1n) is 5.56. The molecule has 1 aliphatic heterocycles. The minimum absolute atomic E-state index is 0.172. The summed E-state index contributed by atoms with van der Waals surface area (Å²) in [6.07, 6.45) is 0. The van der Waals surface area contributed by atoms with Crippen LogP contribution in [0.15, 0.2) is 18.2 Å². The third-order valence-corrected chi connectivity index (χ3v) is 3.54. The van der Waals surface area contributed by atoms with Crippen LogP contribution in [0.3, 0.4) is 0 Å². The van der Waals surface area contributed by atoms with Gasteiger partial charge in [-0.05, 0) is 19.1 Å². The van der Waals surface area contributed by atoms with Crippen LogP contribution >= 0.6 is 23.2 Å². The first kappa shape index (κ1) is 13.6. The molecule has 1 saturated heterocycles. The zero-order chi connectivity index (χ0) is 13.3. The SMILES string of the molecule is CC1(O)CN(CC(=O)Nc2cccc(Cl)c2Cl)C1. The van der Waals surface area contributed by atoms with Crippen molar-refractivity contribution in [1.82, 2.24) is 4.90 Å². The molecule has 0 radical (unpaired) electrons. The fraction of sp³-hybridized carbons (Fsp3) is 0.417. The Kier molecular flexibility index (Phi) is 3.82. The molecule has 2 N–H and O–H groups in total. The van der Waals surface area contributed by atoms with E-state index in [2.05, 4.69) is 5.32 Å². The van der Waals surface area contributed by atoms with Crippen LogP contribution in [-0.2, 0) is 4.79 Å². The second kappa shape index (κ2) is 5.05. The Morgan fingerprint density at radius 3 is 2.78 bits per heavy atom. The highest BCUT2D eigenvalue weighted by Gasteiger charge is 2.37. The Morgan fingerprint density at radius 2 is 2.17 bits per heavy atom. The van der Waals surface area contributed by atoms with E-state index in [1.54, 1.807) is 25.1 Å². The highest BCUT2D eigenvalue weighted by molar-refractivity contribution is 6.43. The van der Waals surface area contributed by atoms with Gasteiger partial charge in [0.25, 0.3) is 0 Å².